The van der Waals surface area contributed by atoms with Crippen LogP contribution in [0.1, 0.15) is 0 Å². The van der Waals surface area contributed by atoms with Crippen LogP contribution < -0.4 is 5.56 Å². The van der Waals surface area contributed by atoms with Gasteiger partial charge in [0.05, 0.1) is 20.7 Å². The lowest BCUT2D eigenvalue weighted by Gasteiger charge is -2.01. The molecule has 2 rings (SSSR count). The van der Waals surface area contributed by atoms with Gasteiger partial charge in [0.2, 0.25) is 5.75 Å². The first-order valence-electron chi connectivity index (χ1n) is 4.59. The van der Waals surface area contributed by atoms with Gasteiger partial charge < -0.3 is 10.1 Å². The Morgan fingerprint density at radius 3 is 2.39 bits per heavy atom. The summed E-state index contributed by atoms with van der Waals surface area (Å²) in [5.41, 5.74) is -2.38. The zero-order valence-electron chi connectivity index (χ0n) is 8.61. The van der Waals surface area contributed by atoms with E-state index in [0.29, 0.717) is 0 Å². The van der Waals surface area contributed by atoms with Crippen LogP contribution in [0.15, 0.2) is 23.0 Å². The Bertz CT molecular complexity index is 735. The number of fused-ring (bicyclic) bond motifs is 1. The molecule has 0 radical (unpaired) electrons. The van der Waals surface area contributed by atoms with Crippen LogP contribution in [-0.4, -0.2) is 19.9 Å². The summed E-state index contributed by atoms with van der Waals surface area (Å²) in [5, 5.41) is 30.6. The second-order valence-corrected chi connectivity index (χ2v) is 3.40. The molecule has 1 heterocycles. The summed E-state index contributed by atoms with van der Waals surface area (Å²) >= 11 is 0. The van der Waals surface area contributed by atoms with Crippen LogP contribution in [0.25, 0.3) is 10.9 Å². The van der Waals surface area contributed by atoms with Crippen LogP contribution in [0.4, 0.5) is 11.4 Å². The molecule has 1 aromatic heterocycles. The third-order valence-corrected chi connectivity index (χ3v) is 2.34. The molecule has 0 aliphatic carbocycles. The van der Waals surface area contributed by atoms with E-state index in [0.717, 1.165) is 12.1 Å². The number of H-pyrrole nitrogens is 1. The molecular weight excluding hydrogens is 246 g/mol. The smallest absolute Gasteiger partial charge is 0.375 e. The van der Waals surface area contributed by atoms with Crippen molar-refractivity contribution in [2.75, 3.05) is 0 Å². The van der Waals surface area contributed by atoms with Crippen LogP contribution in [0.3, 0.4) is 0 Å². The van der Waals surface area contributed by atoms with Gasteiger partial charge in [-0.25, -0.2) is 0 Å². The molecule has 18 heavy (non-hydrogen) atoms. The van der Waals surface area contributed by atoms with E-state index in [-0.39, 0.29) is 16.6 Å². The predicted molar refractivity (Wildman–Crippen MR) is 59.5 cm³/mol. The molecule has 2 aromatic rings. The summed E-state index contributed by atoms with van der Waals surface area (Å²) in [6.07, 6.45) is 0. The number of nitro groups is 2. The molecule has 0 spiro atoms. The first-order valence-corrected chi connectivity index (χ1v) is 4.59. The number of aromatic amines is 1. The topological polar surface area (TPSA) is 139 Å². The van der Waals surface area contributed by atoms with Crippen molar-refractivity contribution in [3.05, 3.63) is 48.8 Å². The fourth-order valence-electron chi connectivity index (χ4n) is 1.54. The lowest BCUT2D eigenvalue weighted by molar-refractivity contribution is -0.387. The van der Waals surface area contributed by atoms with Gasteiger partial charge in [-0.05, 0) is 6.07 Å². The van der Waals surface area contributed by atoms with Gasteiger partial charge in [0.15, 0.2) is 0 Å². The SMILES string of the molecule is O=c1[nH]c2ccc([N+](=O)[O-])cc2c(O)c1[N+](=O)[O-]. The van der Waals surface area contributed by atoms with Gasteiger partial charge in [-0.15, -0.1) is 0 Å². The summed E-state index contributed by atoms with van der Waals surface area (Å²) < 4.78 is 0. The number of aromatic nitrogens is 1. The normalized spacial score (nSPS) is 10.4. The predicted octanol–water partition coefficient (Wildman–Crippen LogP) is 1.05. The van der Waals surface area contributed by atoms with Crippen LogP contribution in [0.2, 0.25) is 0 Å². The number of rotatable bonds is 2. The number of benzene rings is 1. The van der Waals surface area contributed by atoms with Crippen molar-refractivity contribution in [1.29, 1.82) is 0 Å². The number of nitrogens with one attached hydrogen (secondary N) is 1. The Morgan fingerprint density at radius 2 is 1.83 bits per heavy atom. The van der Waals surface area contributed by atoms with Crippen molar-refractivity contribution < 1.29 is 15.0 Å². The van der Waals surface area contributed by atoms with Crippen molar-refractivity contribution in [2.24, 2.45) is 0 Å². The van der Waals surface area contributed by atoms with E-state index < -0.39 is 26.8 Å². The van der Waals surface area contributed by atoms with Crippen molar-refractivity contribution in [3.8, 4) is 5.75 Å². The summed E-state index contributed by atoms with van der Waals surface area (Å²) in [7, 11) is 0. The highest BCUT2D eigenvalue weighted by molar-refractivity contribution is 5.89. The molecule has 0 aliphatic rings. The molecule has 92 valence electrons. The average molecular weight is 251 g/mol. The standard InChI is InChI=1S/C9H5N3O6/c13-8-5-3-4(11(15)16)1-2-6(5)10-9(14)7(8)12(17)18/h1-3H,(H2,10,13,14). The highest BCUT2D eigenvalue weighted by Crippen LogP contribution is 2.31. The van der Waals surface area contributed by atoms with Crippen molar-refractivity contribution >= 4 is 22.3 Å². The Morgan fingerprint density at radius 1 is 1.17 bits per heavy atom. The quantitative estimate of drug-likeness (QED) is 0.603. The third-order valence-electron chi connectivity index (χ3n) is 2.34. The number of nitro benzene ring substituents is 1. The Kier molecular flexibility index (Phi) is 2.43. The summed E-state index contributed by atoms with van der Waals surface area (Å²) in [5.74, 6) is -0.887. The number of non-ortho nitro benzene ring substituents is 1. The van der Waals surface area contributed by atoms with Crippen LogP contribution in [0, 0.1) is 20.2 Å². The highest BCUT2D eigenvalue weighted by atomic mass is 16.6. The zero-order chi connectivity index (χ0) is 13.4. The molecule has 0 saturated heterocycles. The molecule has 0 saturated carbocycles. The maximum absolute atomic E-state index is 11.3. The molecular formula is C9H5N3O6. The molecule has 1 aromatic carbocycles. The number of hydrogen-bond donors (Lipinski definition) is 2. The van der Waals surface area contributed by atoms with Gasteiger partial charge >= 0.3 is 11.2 Å². The first-order chi connectivity index (χ1) is 8.41. The molecule has 0 aliphatic heterocycles. The zero-order valence-corrected chi connectivity index (χ0v) is 8.61. The number of aromatic hydroxyl groups is 1. The van der Waals surface area contributed by atoms with Crippen molar-refractivity contribution in [1.82, 2.24) is 4.98 Å². The van der Waals surface area contributed by atoms with Gasteiger partial charge in [-0.2, -0.15) is 0 Å². The van der Waals surface area contributed by atoms with E-state index in [2.05, 4.69) is 4.98 Å². The van der Waals surface area contributed by atoms with E-state index in [1.807, 2.05) is 0 Å². The molecule has 0 bridgehead atoms. The fraction of sp³-hybridized carbons (Fsp3) is 0. The summed E-state index contributed by atoms with van der Waals surface area (Å²) in [6, 6.07) is 3.26. The Hall–Kier alpha value is -2.97. The number of nitrogens with zero attached hydrogens (tertiary/aromatic N) is 2. The van der Waals surface area contributed by atoms with Gasteiger partial charge in [-0.1, -0.05) is 0 Å². The minimum absolute atomic E-state index is 0.0775. The maximum atomic E-state index is 11.3. The average Bonchev–Trinajstić information content (AvgIpc) is 2.27. The van der Waals surface area contributed by atoms with Crippen molar-refractivity contribution in [3.63, 3.8) is 0 Å². The molecule has 2 N–H and O–H groups in total. The third kappa shape index (κ3) is 1.63. The maximum Gasteiger partial charge on any atom is 0.375 e. The minimum Gasteiger partial charge on any atom is -0.501 e. The lowest BCUT2D eigenvalue weighted by atomic mass is 10.1. The van der Waals surface area contributed by atoms with Crippen LogP contribution in [-0.2, 0) is 0 Å². The van der Waals surface area contributed by atoms with Gasteiger partial charge in [0.1, 0.15) is 0 Å². The second kappa shape index (κ2) is 3.80. The fourth-order valence-corrected chi connectivity index (χ4v) is 1.54. The van der Waals surface area contributed by atoms with E-state index in [1.165, 1.54) is 6.07 Å². The molecule has 9 nitrogen and oxygen atoms in total. The van der Waals surface area contributed by atoms with E-state index in [9.17, 15) is 30.1 Å². The molecule has 9 heteroatoms. The van der Waals surface area contributed by atoms with Crippen molar-refractivity contribution in [2.45, 2.75) is 0 Å². The van der Waals surface area contributed by atoms with Crippen LogP contribution >= 0.6 is 0 Å². The molecule has 0 unspecified atom stereocenters. The molecule has 0 atom stereocenters. The largest absolute Gasteiger partial charge is 0.501 e. The van der Waals surface area contributed by atoms with E-state index in [1.54, 1.807) is 0 Å². The molecule has 0 amide bonds. The lowest BCUT2D eigenvalue weighted by Crippen LogP contribution is -2.11. The van der Waals surface area contributed by atoms with Gasteiger partial charge in [-0.3, -0.25) is 25.0 Å². The second-order valence-electron chi connectivity index (χ2n) is 3.40. The Labute approximate surface area is 97.6 Å². The summed E-state index contributed by atoms with van der Waals surface area (Å²) in [6.45, 7) is 0. The number of hydrogen-bond acceptors (Lipinski definition) is 6. The first kappa shape index (κ1) is 11.5. The highest BCUT2D eigenvalue weighted by Gasteiger charge is 2.23. The Balaban J connectivity index is 2.90. The minimum atomic E-state index is -1.07. The van der Waals surface area contributed by atoms with Gasteiger partial charge in [0.25, 0.3) is 5.69 Å². The van der Waals surface area contributed by atoms with Crippen LogP contribution in [0.5, 0.6) is 5.75 Å². The summed E-state index contributed by atoms with van der Waals surface area (Å²) in [4.78, 5) is 32.9. The van der Waals surface area contributed by atoms with E-state index in [4.69, 9.17) is 0 Å². The van der Waals surface area contributed by atoms with Gasteiger partial charge in [0, 0.05) is 12.1 Å². The monoisotopic (exact) mass is 251 g/mol. The number of pyridine rings is 1. The van der Waals surface area contributed by atoms with E-state index >= 15 is 0 Å². The molecule has 0 fully saturated rings.